The quantitative estimate of drug-likeness (QED) is 0.697. The molecule has 0 saturated carbocycles. The monoisotopic (exact) mass is 200 g/mol. The third-order valence-corrected chi connectivity index (χ3v) is 2.59. The minimum absolute atomic E-state index is 0.0474. The molecule has 14 heavy (non-hydrogen) atoms. The Morgan fingerprint density at radius 1 is 1.64 bits per heavy atom. The minimum atomic E-state index is -0.839. The zero-order valence-corrected chi connectivity index (χ0v) is 8.53. The Morgan fingerprint density at radius 3 is 2.71 bits per heavy atom. The van der Waals surface area contributed by atoms with Gasteiger partial charge in [-0.1, -0.05) is 13.8 Å². The van der Waals surface area contributed by atoms with Crippen molar-refractivity contribution in [2.45, 2.75) is 39.2 Å². The van der Waals surface area contributed by atoms with Crippen molar-refractivity contribution in [2.24, 2.45) is 11.8 Å². The molecule has 0 aliphatic carbocycles. The van der Waals surface area contributed by atoms with Gasteiger partial charge in [-0.05, 0) is 18.8 Å². The van der Waals surface area contributed by atoms with Gasteiger partial charge >= 0.3 is 11.9 Å². The van der Waals surface area contributed by atoms with Crippen molar-refractivity contribution in [3.05, 3.63) is 0 Å². The van der Waals surface area contributed by atoms with Crippen LogP contribution in [0.25, 0.3) is 0 Å². The zero-order chi connectivity index (χ0) is 10.7. The molecule has 0 aromatic rings. The topological polar surface area (TPSA) is 63.6 Å². The van der Waals surface area contributed by atoms with E-state index in [1.807, 2.05) is 13.8 Å². The summed E-state index contributed by atoms with van der Waals surface area (Å²) in [6.07, 6.45) is 0.989. The first-order valence-electron chi connectivity index (χ1n) is 4.93. The van der Waals surface area contributed by atoms with Crippen LogP contribution in [0.4, 0.5) is 0 Å². The lowest BCUT2D eigenvalue weighted by atomic mass is 9.92. The summed E-state index contributed by atoms with van der Waals surface area (Å²) in [6.45, 7) is 3.96. The van der Waals surface area contributed by atoms with E-state index in [4.69, 9.17) is 9.84 Å². The van der Waals surface area contributed by atoms with Gasteiger partial charge in [-0.25, -0.2) is 0 Å². The number of hydrogen-bond donors (Lipinski definition) is 1. The number of aliphatic carboxylic acids is 1. The molecule has 4 nitrogen and oxygen atoms in total. The van der Waals surface area contributed by atoms with Gasteiger partial charge in [0.2, 0.25) is 0 Å². The molecule has 1 fully saturated rings. The molecule has 1 heterocycles. The number of esters is 1. The van der Waals surface area contributed by atoms with Gasteiger partial charge in [0, 0.05) is 6.42 Å². The van der Waals surface area contributed by atoms with E-state index in [1.54, 1.807) is 0 Å². The first kappa shape index (κ1) is 11.0. The first-order chi connectivity index (χ1) is 6.50. The average molecular weight is 200 g/mol. The third kappa shape index (κ3) is 2.72. The fraction of sp³-hybridized carbons (Fsp3) is 0.800. The molecule has 0 bridgehead atoms. The van der Waals surface area contributed by atoms with Crippen LogP contribution >= 0.6 is 0 Å². The highest BCUT2D eigenvalue weighted by molar-refractivity contribution is 5.75. The van der Waals surface area contributed by atoms with Crippen molar-refractivity contribution >= 4 is 11.9 Å². The Bertz CT molecular complexity index is 234. The summed E-state index contributed by atoms with van der Waals surface area (Å²) in [5.41, 5.74) is 0. The lowest BCUT2D eigenvalue weighted by Crippen LogP contribution is -2.13. The van der Waals surface area contributed by atoms with Crippen LogP contribution in [-0.4, -0.2) is 23.1 Å². The molecular weight excluding hydrogens is 184 g/mol. The van der Waals surface area contributed by atoms with Crippen molar-refractivity contribution < 1.29 is 19.4 Å². The number of rotatable bonds is 4. The van der Waals surface area contributed by atoms with Gasteiger partial charge in [0.25, 0.3) is 0 Å². The smallest absolute Gasteiger partial charge is 0.309 e. The van der Waals surface area contributed by atoms with Gasteiger partial charge in [-0.15, -0.1) is 0 Å². The molecule has 0 radical (unpaired) electrons. The standard InChI is InChI=1S/C10H16O4/c1-6(2)8-5-7(14-10(8)13)3-4-9(11)12/h6-8H,3-5H2,1-2H3,(H,11,12). The normalized spacial score (nSPS) is 26.6. The second kappa shape index (κ2) is 4.44. The van der Waals surface area contributed by atoms with Crippen molar-refractivity contribution in [1.82, 2.24) is 0 Å². The number of carbonyl (C=O) groups excluding carboxylic acids is 1. The summed E-state index contributed by atoms with van der Waals surface area (Å²) in [6, 6.07) is 0. The maximum absolute atomic E-state index is 11.3. The van der Waals surface area contributed by atoms with Gasteiger partial charge in [0.15, 0.2) is 0 Å². The van der Waals surface area contributed by atoms with Crippen LogP contribution in [-0.2, 0) is 14.3 Å². The molecule has 0 aromatic carbocycles. The van der Waals surface area contributed by atoms with E-state index < -0.39 is 5.97 Å². The maximum atomic E-state index is 11.3. The first-order valence-corrected chi connectivity index (χ1v) is 4.93. The minimum Gasteiger partial charge on any atom is -0.481 e. The molecule has 0 spiro atoms. The summed E-state index contributed by atoms with van der Waals surface area (Å²) >= 11 is 0. The summed E-state index contributed by atoms with van der Waals surface area (Å²) in [4.78, 5) is 21.6. The second-order valence-electron chi connectivity index (χ2n) is 4.08. The van der Waals surface area contributed by atoms with E-state index in [0.717, 1.165) is 0 Å². The molecule has 2 atom stereocenters. The number of carboxylic acid groups (broad SMARTS) is 1. The van der Waals surface area contributed by atoms with Crippen LogP contribution < -0.4 is 0 Å². The van der Waals surface area contributed by atoms with Gasteiger partial charge < -0.3 is 9.84 Å². The fourth-order valence-electron chi connectivity index (χ4n) is 1.68. The number of carboxylic acids is 1. The van der Waals surface area contributed by atoms with E-state index >= 15 is 0 Å². The second-order valence-corrected chi connectivity index (χ2v) is 4.08. The van der Waals surface area contributed by atoms with E-state index in [-0.39, 0.29) is 30.3 Å². The van der Waals surface area contributed by atoms with Crippen LogP contribution in [0.15, 0.2) is 0 Å². The SMILES string of the molecule is CC(C)C1CC(CCC(=O)O)OC1=O. The molecule has 1 aliphatic rings. The van der Waals surface area contributed by atoms with Gasteiger partial charge in [-0.2, -0.15) is 0 Å². The van der Waals surface area contributed by atoms with Crippen LogP contribution in [0.1, 0.15) is 33.1 Å². The molecule has 4 heteroatoms. The van der Waals surface area contributed by atoms with Crippen molar-refractivity contribution in [1.29, 1.82) is 0 Å². The molecule has 0 aromatic heterocycles. The molecule has 0 amide bonds. The van der Waals surface area contributed by atoms with E-state index in [0.29, 0.717) is 12.8 Å². The fourth-order valence-corrected chi connectivity index (χ4v) is 1.68. The molecule has 80 valence electrons. The van der Waals surface area contributed by atoms with Crippen LogP contribution in [0.5, 0.6) is 0 Å². The largest absolute Gasteiger partial charge is 0.481 e. The molecule has 2 unspecified atom stereocenters. The van der Waals surface area contributed by atoms with Gasteiger partial charge in [0.05, 0.1) is 5.92 Å². The number of carbonyl (C=O) groups is 2. The zero-order valence-electron chi connectivity index (χ0n) is 8.53. The van der Waals surface area contributed by atoms with Crippen molar-refractivity contribution in [3.8, 4) is 0 Å². The predicted molar refractivity (Wildman–Crippen MR) is 49.7 cm³/mol. The van der Waals surface area contributed by atoms with Crippen molar-refractivity contribution in [2.75, 3.05) is 0 Å². The van der Waals surface area contributed by atoms with Crippen LogP contribution in [0.3, 0.4) is 0 Å². The van der Waals surface area contributed by atoms with Crippen LogP contribution in [0, 0.1) is 11.8 Å². The average Bonchev–Trinajstić information content (AvgIpc) is 2.43. The van der Waals surface area contributed by atoms with Gasteiger partial charge in [-0.3, -0.25) is 9.59 Å². The molecular formula is C10H16O4. The van der Waals surface area contributed by atoms with E-state index in [2.05, 4.69) is 0 Å². The molecule has 1 rings (SSSR count). The van der Waals surface area contributed by atoms with Crippen LogP contribution in [0.2, 0.25) is 0 Å². The summed E-state index contributed by atoms with van der Waals surface area (Å²) in [5, 5.41) is 8.47. The van der Waals surface area contributed by atoms with E-state index in [1.165, 1.54) is 0 Å². The summed E-state index contributed by atoms with van der Waals surface area (Å²) < 4.78 is 5.08. The molecule has 1 N–H and O–H groups in total. The number of ether oxygens (including phenoxy) is 1. The Morgan fingerprint density at radius 2 is 2.29 bits per heavy atom. The Kier molecular flexibility index (Phi) is 3.49. The third-order valence-electron chi connectivity index (χ3n) is 2.59. The highest BCUT2D eigenvalue weighted by Gasteiger charge is 2.36. The highest BCUT2D eigenvalue weighted by Crippen LogP contribution is 2.29. The Balaban J connectivity index is 2.39. The Hall–Kier alpha value is -1.06. The lowest BCUT2D eigenvalue weighted by molar-refractivity contribution is -0.147. The van der Waals surface area contributed by atoms with Gasteiger partial charge in [0.1, 0.15) is 6.10 Å². The number of hydrogen-bond acceptors (Lipinski definition) is 3. The maximum Gasteiger partial charge on any atom is 0.309 e. The molecule has 1 saturated heterocycles. The predicted octanol–water partition coefficient (Wildman–Crippen LogP) is 1.44. The van der Waals surface area contributed by atoms with Crippen molar-refractivity contribution in [3.63, 3.8) is 0 Å². The highest BCUT2D eigenvalue weighted by atomic mass is 16.6. The Labute approximate surface area is 83.2 Å². The van der Waals surface area contributed by atoms with E-state index in [9.17, 15) is 9.59 Å². The summed E-state index contributed by atoms with van der Waals surface area (Å²) in [7, 11) is 0. The molecule has 1 aliphatic heterocycles. The number of cyclic esters (lactones) is 1. The summed E-state index contributed by atoms with van der Waals surface area (Å²) in [5.74, 6) is -0.782. The lowest BCUT2D eigenvalue weighted by Gasteiger charge is -2.08.